The van der Waals surface area contributed by atoms with E-state index in [1.165, 1.54) is 15.9 Å². The Labute approximate surface area is 156 Å². The zero-order chi connectivity index (χ0) is 18.9. The summed E-state index contributed by atoms with van der Waals surface area (Å²) in [4.78, 5) is 32.5. The van der Waals surface area contributed by atoms with Crippen LogP contribution in [-0.4, -0.2) is 22.1 Å². The maximum atomic E-state index is 13.3. The van der Waals surface area contributed by atoms with Crippen LogP contribution in [0.2, 0.25) is 0 Å². The molecule has 3 rings (SSSR count). The van der Waals surface area contributed by atoms with Gasteiger partial charge in [0, 0.05) is 10.4 Å². The van der Waals surface area contributed by atoms with E-state index in [4.69, 9.17) is 9.72 Å². The normalized spacial score (nSPS) is 11.7. The van der Waals surface area contributed by atoms with Crippen molar-refractivity contribution in [2.75, 3.05) is 6.61 Å². The van der Waals surface area contributed by atoms with Crippen LogP contribution in [0.25, 0.3) is 21.6 Å². The number of esters is 1. The number of hydrogen-bond donors (Lipinski definition) is 0. The van der Waals surface area contributed by atoms with Gasteiger partial charge in [0.05, 0.1) is 12.0 Å². The van der Waals surface area contributed by atoms with Gasteiger partial charge in [-0.15, -0.1) is 11.3 Å². The second-order valence-corrected chi connectivity index (χ2v) is 7.62. The molecule has 0 radical (unpaired) electrons. The molecule has 26 heavy (non-hydrogen) atoms. The third kappa shape index (κ3) is 3.05. The molecule has 0 N–H and O–H groups in total. The number of carbonyl (C=O) groups excluding carboxylic acids is 1. The smallest absolute Gasteiger partial charge is 0.331 e. The number of nitrogens with zero attached hydrogens (tertiary/aromatic N) is 2. The highest BCUT2D eigenvalue weighted by Gasteiger charge is 2.35. The molecule has 2 aromatic heterocycles. The largest absolute Gasteiger partial charge is 0.464 e. The lowest BCUT2D eigenvalue weighted by Crippen LogP contribution is -2.45. The molecule has 0 fully saturated rings. The highest BCUT2D eigenvalue weighted by atomic mass is 32.1. The van der Waals surface area contributed by atoms with Gasteiger partial charge in [0.2, 0.25) is 0 Å². The van der Waals surface area contributed by atoms with Gasteiger partial charge >= 0.3 is 5.97 Å². The number of hydrogen-bond acceptors (Lipinski definition) is 5. The van der Waals surface area contributed by atoms with E-state index in [0.29, 0.717) is 16.0 Å². The van der Waals surface area contributed by atoms with Crippen molar-refractivity contribution in [3.05, 3.63) is 51.6 Å². The number of benzene rings is 1. The van der Waals surface area contributed by atoms with Gasteiger partial charge in [-0.3, -0.25) is 9.36 Å². The van der Waals surface area contributed by atoms with Gasteiger partial charge in [0.1, 0.15) is 16.2 Å². The lowest BCUT2D eigenvalue weighted by Gasteiger charge is -2.27. The molecule has 0 unspecified atom stereocenters. The second-order valence-electron chi connectivity index (χ2n) is 6.51. The molecule has 6 heteroatoms. The van der Waals surface area contributed by atoms with Crippen LogP contribution < -0.4 is 5.56 Å². The summed E-state index contributed by atoms with van der Waals surface area (Å²) in [7, 11) is 0. The Hall–Kier alpha value is -2.47. The first-order valence-electron chi connectivity index (χ1n) is 8.68. The molecule has 3 aromatic rings. The van der Waals surface area contributed by atoms with E-state index in [1.807, 2.05) is 43.3 Å². The lowest BCUT2D eigenvalue weighted by atomic mass is 10.0. The van der Waals surface area contributed by atoms with Gasteiger partial charge in [0.25, 0.3) is 5.56 Å². The first kappa shape index (κ1) is 18.3. The van der Waals surface area contributed by atoms with E-state index in [9.17, 15) is 9.59 Å². The minimum Gasteiger partial charge on any atom is -0.464 e. The van der Waals surface area contributed by atoms with Crippen molar-refractivity contribution < 1.29 is 9.53 Å². The van der Waals surface area contributed by atoms with E-state index in [2.05, 4.69) is 0 Å². The zero-order valence-electron chi connectivity index (χ0n) is 15.4. The molecule has 2 heterocycles. The van der Waals surface area contributed by atoms with Crippen LogP contribution in [0.4, 0.5) is 0 Å². The van der Waals surface area contributed by atoms with Crippen molar-refractivity contribution >= 4 is 27.5 Å². The summed E-state index contributed by atoms with van der Waals surface area (Å²) in [5.74, 6) is 0.0250. The number of fused-ring (bicyclic) bond motifs is 1. The summed E-state index contributed by atoms with van der Waals surface area (Å²) in [5, 5.41) is 0.545. The number of ether oxygens (including phenoxy) is 1. The summed E-state index contributed by atoms with van der Waals surface area (Å²) in [6, 6.07) is 11.3. The third-order valence-electron chi connectivity index (χ3n) is 4.33. The molecule has 0 aliphatic carbocycles. The summed E-state index contributed by atoms with van der Waals surface area (Å²) in [6.45, 7) is 7.44. The molecular weight excluding hydrogens is 348 g/mol. The van der Waals surface area contributed by atoms with Gasteiger partial charge < -0.3 is 4.74 Å². The molecule has 5 nitrogen and oxygen atoms in total. The molecule has 136 valence electrons. The minimum absolute atomic E-state index is 0.220. The summed E-state index contributed by atoms with van der Waals surface area (Å²) >= 11 is 1.52. The number of rotatable bonds is 5. The fourth-order valence-corrected chi connectivity index (χ4v) is 3.86. The van der Waals surface area contributed by atoms with Crippen LogP contribution in [0, 0.1) is 0 Å². The van der Waals surface area contributed by atoms with Crippen LogP contribution in [0.15, 0.2) is 41.2 Å². The van der Waals surface area contributed by atoms with Crippen molar-refractivity contribution in [3.63, 3.8) is 0 Å². The Morgan fingerprint density at radius 3 is 2.54 bits per heavy atom. The topological polar surface area (TPSA) is 61.2 Å². The van der Waals surface area contributed by atoms with Crippen molar-refractivity contribution in [1.29, 1.82) is 0 Å². The van der Waals surface area contributed by atoms with Crippen molar-refractivity contribution in [3.8, 4) is 11.4 Å². The maximum Gasteiger partial charge on any atom is 0.331 e. The first-order chi connectivity index (χ1) is 12.4. The molecule has 0 aliphatic heterocycles. The molecule has 0 saturated heterocycles. The van der Waals surface area contributed by atoms with E-state index < -0.39 is 11.5 Å². The van der Waals surface area contributed by atoms with E-state index >= 15 is 0 Å². The summed E-state index contributed by atoms with van der Waals surface area (Å²) in [6.07, 6.45) is 0.836. The number of aromatic nitrogens is 2. The Morgan fingerprint density at radius 1 is 1.23 bits per heavy atom. The van der Waals surface area contributed by atoms with Gasteiger partial charge in [-0.05, 0) is 33.3 Å². The van der Waals surface area contributed by atoms with Gasteiger partial charge in [0.15, 0.2) is 0 Å². The summed E-state index contributed by atoms with van der Waals surface area (Å²) < 4.78 is 6.69. The van der Waals surface area contributed by atoms with E-state index in [1.54, 1.807) is 20.8 Å². The van der Waals surface area contributed by atoms with E-state index in [-0.39, 0.29) is 12.2 Å². The van der Waals surface area contributed by atoms with Gasteiger partial charge in [-0.1, -0.05) is 37.3 Å². The fourth-order valence-electron chi connectivity index (χ4n) is 2.90. The van der Waals surface area contributed by atoms with Crippen LogP contribution in [0.1, 0.15) is 32.6 Å². The van der Waals surface area contributed by atoms with Crippen molar-refractivity contribution in [1.82, 2.24) is 9.55 Å². The van der Waals surface area contributed by atoms with Crippen LogP contribution in [0.5, 0.6) is 0 Å². The standard InChI is InChI=1S/C20H22N2O3S/c1-5-14-12-15-17(26-14)21-16(13-10-8-7-9-11-13)22(18(15)23)20(3,4)19(24)25-6-2/h7-12H,5-6H2,1-4H3. The lowest BCUT2D eigenvalue weighted by molar-refractivity contribution is -0.152. The average molecular weight is 370 g/mol. The molecule has 0 spiro atoms. The molecule has 0 atom stereocenters. The molecule has 0 bridgehead atoms. The van der Waals surface area contributed by atoms with Crippen molar-refractivity contribution in [2.24, 2.45) is 0 Å². The summed E-state index contributed by atoms with van der Waals surface area (Å²) in [5.41, 5.74) is -0.605. The SMILES string of the molecule is CCOC(=O)C(C)(C)n1c(-c2ccccc2)nc2sc(CC)cc2c1=O. The molecule has 0 saturated carbocycles. The quantitative estimate of drug-likeness (QED) is 0.637. The van der Waals surface area contributed by atoms with E-state index in [0.717, 1.165) is 16.9 Å². The molecule has 1 aromatic carbocycles. The third-order valence-corrected chi connectivity index (χ3v) is 5.50. The Balaban J connectivity index is 2.36. The fraction of sp³-hybridized carbons (Fsp3) is 0.350. The molecular formula is C20H22N2O3S. The predicted octanol–water partition coefficient (Wildman–Crippen LogP) is 3.99. The number of thiophene rings is 1. The van der Waals surface area contributed by atoms with Crippen LogP contribution in [0.3, 0.4) is 0 Å². The zero-order valence-corrected chi connectivity index (χ0v) is 16.2. The van der Waals surface area contributed by atoms with Crippen molar-refractivity contribution in [2.45, 2.75) is 39.7 Å². The maximum absolute atomic E-state index is 13.3. The predicted molar refractivity (Wildman–Crippen MR) is 105 cm³/mol. The number of aryl methyl sites for hydroxylation is 1. The van der Waals surface area contributed by atoms with Crippen LogP contribution in [-0.2, 0) is 21.5 Å². The molecule has 0 aliphatic rings. The number of carbonyl (C=O) groups is 1. The van der Waals surface area contributed by atoms with Gasteiger partial charge in [-0.25, -0.2) is 9.78 Å². The highest BCUT2D eigenvalue weighted by Crippen LogP contribution is 2.29. The first-order valence-corrected chi connectivity index (χ1v) is 9.50. The minimum atomic E-state index is -1.17. The highest BCUT2D eigenvalue weighted by molar-refractivity contribution is 7.18. The average Bonchev–Trinajstić information content (AvgIpc) is 3.06. The van der Waals surface area contributed by atoms with Crippen LogP contribution >= 0.6 is 11.3 Å². The monoisotopic (exact) mass is 370 g/mol. The van der Waals surface area contributed by atoms with Gasteiger partial charge in [-0.2, -0.15) is 0 Å². The molecule has 0 amide bonds. The Kier molecular flexibility index (Phi) is 4.96. The Morgan fingerprint density at radius 2 is 1.92 bits per heavy atom. The second kappa shape index (κ2) is 7.03. The Bertz CT molecular complexity index is 1000.